The van der Waals surface area contributed by atoms with Gasteiger partial charge in [0.05, 0.1) is 5.69 Å². The van der Waals surface area contributed by atoms with Crippen LogP contribution in [0.1, 0.15) is 38.5 Å². The molecule has 0 atom stereocenters. The molecule has 5 heteroatoms. The van der Waals surface area contributed by atoms with Crippen LogP contribution in [0.2, 0.25) is 5.02 Å². The van der Waals surface area contributed by atoms with Crippen molar-refractivity contribution in [2.75, 3.05) is 18.6 Å². The summed E-state index contributed by atoms with van der Waals surface area (Å²) in [7, 11) is 1.87. The molecule has 22 heavy (non-hydrogen) atoms. The Kier molecular flexibility index (Phi) is 4.67. The van der Waals surface area contributed by atoms with Crippen molar-refractivity contribution in [2.24, 2.45) is 5.10 Å². The number of carbonyl (C=O) groups is 1. The Bertz CT molecular complexity index is 564. The summed E-state index contributed by atoms with van der Waals surface area (Å²) in [5, 5.41) is 6.97. The first kappa shape index (κ1) is 15.3. The standard InChI is InChI=1S/C17H22ClN3O/c1-20(14-9-7-13(18)8-10-14)19-16-11-12-21(17(16)22)15-5-3-2-4-6-15/h7-10,15H,2-6,11-12H2,1H3. The zero-order valence-electron chi connectivity index (χ0n) is 13.0. The number of hydrogen-bond donors (Lipinski definition) is 0. The molecule has 1 heterocycles. The Labute approximate surface area is 136 Å². The van der Waals surface area contributed by atoms with Crippen molar-refractivity contribution < 1.29 is 4.79 Å². The van der Waals surface area contributed by atoms with Crippen LogP contribution in [0, 0.1) is 0 Å². The molecule has 0 spiro atoms. The van der Waals surface area contributed by atoms with E-state index in [4.69, 9.17) is 11.6 Å². The lowest BCUT2D eigenvalue weighted by Gasteiger charge is -2.30. The average molecular weight is 320 g/mol. The van der Waals surface area contributed by atoms with Crippen LogP contribution in [-0.2, 0) is 4.79 Å². The third-order valence-electron chi connectivity index (χ3n) is 4.58. The van der Waals surface area contributed by atoms with E-state index >= 15 is 0 Å². The molecule has 1 aliphatic carbocycles. The number of nitrogens with zero attached hydrogens (tertiary/aromatic N) is 3. The number of anilines is 1. The van der Waals surface area contributed by atoms with Gasteiger partial charge in [-0.05, 0) is 37.1 Å². The second-order valence-electron chi connectivity index (χ2n) is 6.09. The molecule has 1 aliphatic heterocycles. The highest BCUT2D eigenvalue weighted by Gasteiger charge is 2.33. The minimum absolute atomic E-state index is 0.118. The molecular weight excluding hydrogens is 298 g/mol. The maximum atomic E-state index is 12.6. The van der Waals surface area contributed by atoms with Crippen LogP contribution in [-0.4, -0.2) is 36.2 Å². The van der Waals surface area contributed by atoms with Crippen molar-refractivity contribution in [1.82, 2.24) is 4.90 Å². The molecule has 3 rings (SSSR count). The van der Waals surface area contributed by atoms with Gasteiger partial charge in [-0.25, -0.2) is 0 Å². The van der Waals surface area contributed by atoms with E-state index in [-0.39, 0.29) is 5.91 Å². The van der Waals surface area contributed by atoms with E-state index in [9.17, 15) is 4.79 Å². The first-order valence-electron chi connectivity index (χ1n) is 8.03. The second-order valence-corrected chi connectivity index (χ2v) is 6.52. The van der Waals surface area contributed by atoms with Crippen LogP contribution >= 0.6 is 11.6 Å². The fourth-order valence-corrected chi connectivity index (χ4v) is 3.46. The van der Waals surface area contributed by atoms with Gasteiger partial charge in [0.1, 0.15) is 5.71 Å². The Morgan fingerprint density at radius 1 is 1.18 bits per heavy atom. The van der Waals surface area contributed by atoms with Gasteiger partial charge in [0.25, 0.3) is 5.91 Å². The van der Waals surface area contributed by atoms with Gasteiger partial charge in [0.2, 0.25) is 0 Å². The van der Waals surface area contributed by atoms with Crippen LogP contribution < -0.4 is 5.01 Å². The van der Waals surface area contributed by atoms with Gasteiger partial charge >= 0.3 is 0 Å². The van der Waals surface area contributed by atoms with E-state index < -0.39 is 0 Å². The van der Waals surface area contributed by atoms with Gasteiger partial charge in [-0.1, -0.05) is 30.9 Å². The lowest BCUT2D eigenvalue weighted by Crippen LogP contribution is -2.39. The fourth-order valence-electron chi connectivity index (χ4n) is 3.33. The summed E-state index contributed by atoms with van der Waals surface area (Å²) in [6.45, 7) is 0.816. The van der Waals surface area contributed by atoms with E-state index in [1.165, 1.54) is 19.3 Å². The summed E-state index contributed by atoms with van der Waals surface area (Å²) in [5.41, 5.74) is 1.60. The summed E-state index contributed by atoms with van der Waals surface area (Å²) in [5.74, 6) is 0.118. The Morgan fingerprint density at radius 3 is 2.55 bits per heavy atom. The Morgan fingerprint density at radius 2 is 1.86 bits per heavy atom. The quantitative estimate of drug-likeness (QED) is 0.796. The highest BCUT2D eigenvalue weighted by atomic mass is 35.5. The number of carbonyl (C=O) groups excluding carboxylic acids is 1. The molecule has 0 unspecified atom stereocenters. The molecule has 0 aromatic heterocycles. The van der Waals surface area contributed by atoms with Crippen molar-refractivity contribution in [3.63, 3.8) is 0 Å². The summed E-state index contributed by atoms with van der Waals surface area (Å²) < 4.78 is 0. The van der Waals surface area contributed by atoms with Gasteiger partial charge in [-0.15, -0.1) is 0 Å². The topological polar surface area (TPSA) is 35.9 Å². The summed E-state index contributed by atoms with van der Waals surface area (Å²) >= 11 is 5.90. The zero-order chi connectivity index (χ0) is 15.5. The Hall–Kier alpha value is -1.55. The van der Waals surface area contributed by atoms with Gasteiger partial charge in [0, 0.05) is 31.1 Å². The first-order valence-corrected chi connectivity index (χ1v) is 8.40. The largest absolute Gasteiger partial charge is 0.334 e. The molecule has 2 aliphatic rings. The number of amides is 1. The van der Waals surface area contributed by atoms with E-state index in [0.717, 1.165) is 31.5 Å². The maximum absolute atomic E-state index is 12.6. The molecule has 1 saturated carbocycles. The zero-order valence-corrected chi connectivity index (χ0v) is 13.7. The smallest absolute Gasteiger partial charge is 0.270 e. The van der Waals surface area contributed by atoms with Crippen LogP contribution in [0.15, 0.2) is 29.4 Å². The SMILES string of the molecule is CN(N=C1CCN(C2CCCCC2)C1=O)c1ccc(Cl)cc1. The van der Waals surface area contributed by atoms with Crippen LogP contribution in [0.5, 0.6) is 0 Å². The van der Waals surface area contributed by atoms with Crippen LogP contribution in [0.25, 0.3) is 0 Å². The van der Waals surface area contributed by atoms with Crippen molar-refractivity contribution in [3.05, 3.63) is 29.3 Å². The second kappa shape index (κ2) is 6.69. The molecular formula is C17H22ClN3O. The van der Waals surface area contributed by atoms with Crippen molar-refractivity contribution >= 4 is 28.9 Å². The fraction of sp³-hybridized carbons (Fsp3) is 0.529. The van der Waals surface area contributed by atoms with Crippen LogP contribution in [0.4, 0.5) is 5.69 Å². The molecule has 2 fully saturated rings. The molecule has 4 nitrogen and oxygen atoms in total. The summed E-state index contributed by atoms with van der Waals surface area (Å²) in [6.07, 6.45) is 6.82. The van der Waals surface area contributed by atoms with Gasteiger partial charge in [-0.2, -0.15) is 5.10 Å². The highest BCUT2D eigenvalue weighted by molar-refractivity contribution is 6.40. The Balaban J connectivity index is 1.69. The molecule has 1 aromatic rings. The summed E-state index contributed by atoms with van der Waals surface area (Å²) in [4.78, 5) is 14.6. The lowest BCUT2D eigenvalue weighted by atomic mass is 9.94. The van der Waals surface area contributed by atoms with Gasteiger partial charge in [0.15, 0.2) is 0 Å². The van der Waals surface area contributed by atoms with Crippen LogP contribution in [0.3, 0.4) is 0 Å². The number of rotatable bonds is 3. The maximum Gasteiger partial charge on any atom is 0.270 e. The van der Waals surface area contributed by atoms with E-state index in [0.29, 0.717) is 16.8 Å². The molecule has 118 valence electrons. The highest BCUT2D eigenvalue weighted by Crippen LogP contribution is 2.26. The van der Waals surface area contributed by atoms with Gasteiger partial charge < -0.3 is 4.90 Å². The number of hydrogen-bond acceptors (Lipinski definition) is 3. The monoisotopic (exact) mass is 319 g/mol. The third kappa shape index (κ3) is 3.27. The average Bonchev–Trinajstić information content (AvgIpc) is 2.90. The molecule has 1 saturated heterocycles. The minimum atomic E-state index is 0.118. The molecule has 0 bridgehead atoms. The van der Waals surface area contributed by atoms with Crippen molar-refractivity contribution in [2.45, 2.75) is 44.6 Å². The number of likely N-dealkylation sites (tertiary alicyclic amines) is 1. The van der Waals surface area contributed by atoms with Crippen molar-refractivity contribution in [3.8, 4) is 0 Å². The molecule has 1 aromatic carbocycles. The minimum Gasteiger partial charge on any atom is -0.334 e. The molecule has 0 radical (unpaired) electrons. The summed E-state index contributed by atoms with van der Waals surface area (Å²) in [6, 6.07) is 7.90. The lowest BCUT2D eigenvalue weighted by molar-refractivity contribution is -0.125. The number of benzene rings is 1. The van der Waals surface area contributed by atoms with E-state index in [1.807, 2.05) is 36.2 Å². The predicted molar refractivity (Wildman–Crippen MR) is 90.5 cm³/mol. The number of halogens is 1. The molecule has 0 N–H and O–H groups in total. The van der Waals surface area contributed by atoms with Gasteiger partial charge in [-0.3, -0.25) is 9.80 Å². The normalized spacial score (nSPS) is 21.6. The van der Waals surface area contributed by atoms with Crippen molar-refractivity contribution in [1.29, 1.82) is 0 Å². The van der Waals surface area contributed by atoms with E-state index in [1.54, 1.807) is 5.01 Å². The first-order chi connectivity index (χ1) is 10.6. The van der Waals surface area contributed by atoms with E-state index in [2.05, 4.69) is 5.10 Å². The third-order valence-corrected chi connectivity index (χ3v) is 4.84. The number of hydrazone groups is 1. The molecule has 1 amide bonds. The predicted octanol–water partition coefficient (Wildman–Crippen LogP) is 3.70.